The van der Waals surface area contributed by atoms with Gasteiger partial charge in [-0.2, -0.15) is 0 Å². The molecular formula is C16H23NO5. The summed E-state index contributed by atoms with van der Waals surface area (Å²) in [4.78, 5) is 11.5. The van der Waals surface area contributed by atoms with E-state index in [-0.39, 0.29) is 12.2 Å². The molecule has 22 heavy (non-hydrogen) atoms. The molecule has 0 spiro atoms. The van der Waals surface area contributed by atoms with Crippen molar-refractivity contribution in [2.75, 3.05) is 27.4 Å². The summed E-state index contributed by atoms with van der Waals surface area (Å²) >= 11 is 0. The Bertz CT molecular complexity index is 487. The third-order valence-corrected chi connectivity index (χ3v) is 3.17. The van der Waals surface area contributed by atoms with Crippen molar-refractivity contribution in [1.82, 2.24) is 5.32 Å². The van der Waals surface area contributed by atoms with Crippen LogP contribution in [0, 0.1) is 0 Å². The fraction of sp³-hybridized carbons (Fsp3) is 0.562. The number of ether oxygens (including phenoxy) is 4. The third-order valence-electron chi connectivity index (χ3n) is 3.17. The number of benzene rings is 1. The molecule has 122 valence electrons. The van der Waals surface area contributed by atoms with Gasteiger partial charge in [0.15, 0.2) is 0 Å². The molecule has 1 aliphatic rings. The van der Waals surface area contributed by atoms with Gasteiger partial charge < -0.3 is 24.3 Å². The van der Waals surface area contributed by atoms with E-state index in [1.807, 2.05) is 18.2 Å². The lowest BCUT2D eigenvalue weighted by atomic mass is 10.2. The number of hydrogen-bond donors (Lipinski definition) is 1. The number of amides is 1. The Morgan fingerprint density at radius 2 is 1.95 bits per heavy atom. The zero-order valence-corrected chi connectivity index (χ0v) is 13.1. The molecule has 0 aromatic heterocycles. The van der Waals surface area contributed by atoms with Crippen molar-refractivity contribution in [3.8, 4) is 11.5 Å². The van der Waals surface area contributed by atoms with Gasteiger partial charge in [-0.1, -0.05) is 0 Å². The van der Waals surface area contributed by atoms with Crippen LogP contribution in [0.25, 0.3) is 0 Å². The van der Waals surface area contributed by atoms with Crippen LogP contribution in [0.1, 0.15) is 24.8 Å². The number of carbonyl (C=O) groups excluding carboxylic acids is 1. The Labute approximate surface area is 130 Å². The molecule has 0 atom stereocenters. The predicted octanol–water partition coefficient (Wildman–Crippen LogP) is 2.50. The van der Waals surface area contributed by atoms with Crippen LogP contribution < -0.4 is 14.8 Å². The number of carbonyl (C=O) groups is 1. The van der Waals surface area contributed by atoms with Crippen LogP contribution in [-0.2, 0) is 16.0 Å². The van der Waals surface area contributed by atoms with E-state index in [0.717, 1.165) is 24.8 Å². The Kier molecular flexibility index (Phi) is 6.33. The van der Waals surface area contributed by atoms with Crippen LogP contribution in [0.3, 0.4) is 0 Å². The zero-order valence-electron chi connectivity index (χ0n) is 13.1. The maximum absolute atomic E-state index is 11.5. The topological polar surface area (TPSA) is 66.0 Å². The van der Waals surface area contributed by atoms with E-state index in [9.17, 15) is 4.79 Å². The molecule has 1 fully saturated rings. The molecule has 0 radical (unpaired) electrons. The monoisotopic (exact) mass is 309 g/mol. The minimum absolute atomic E-state index is 0.102. The lowest BCUT2D eigenvalue weighted by molar-refractivity contribution is 0.138. The maximum Gasteiger partial charge on any atom is 0.407 e. The highest BCUT2D eigenvalue weighted by Crippen LogP contribution is 2.24. The van der Waals surface area contributed by atoms with Crippen molar-refractivity contribution in [3.63, 3.8) is 0 Å². The summed E-state index contributed by atoms with van der Waals surface area (Å²) < 4.78 is 21.0. The lowest BCUT2D eigenvalue weighted by Gasteiger charge is -2.11. The quantitative estimate of drug-likeness (QED) is 0.710. The standard InChI is InChI=1S/C16H23NO5/c1-19-6-3-7-21-15-9-12(8-14(10-15)20-2)11-17-16(18)22-13-4-5-13/h8-10,13H,3-7,11H2,1-2H3,(H,17,18). The molecule has 0 heterocycles. The summed E-state index contributed by atoms with van der Waals surface area (Å²) in [6.45, 7) is 1.60. The fourth-order valence-electron chi connectivity index (χ4n) is 1.88. The lowest BCUT2D eigenvalue weighted by Crippen LogP contribution is -2.24. The molecule has 1 saturated carbocycles. The predicted molar refractivity (Wildman–Crippen MR) is 81.3 cm³/mol. The Morgan fingerprint density at radius 1 is 1.18 bits per heavy atom. The van der Waals surface area contributed by atoms with E-state index in [4.69, 9.17) is 18.9 Å². The fourth-order valence-corrected chi connectivity index (χ4v) is 1.88. The second-order valence-electron chi connectivity index (χ2n) is 5.17. The summed E-state index contributed by atoms with van der Waals surface area (Å²) in [6.07, 6.45) is 2.46. The molecule has 2 rings (SSSR count). The van der Waals surface area contributed by atoms with Crippen LogP contribution in [0.4, 0.5) is 4.79 Å². The van der Waals surface area contributed by atoms with Crippen LogP contribution in [0.5, 0.6) is 11.5 Å². The molecule has 0 saturated heterocycles. The van der Waals surface area contributed by atoms with Gasteiger partial charge in [-0.3, -0.25) is 0 Å². The van der Waals surface area contributed by atoms with Crippen molar-refractivity contribution < 1.29 is 23.7 Å². The molecule has 1 aromatic carbocycles. The van der Waals surface area contributed by atoms with E-state index >= 15 is 0 Å². The van der Waals surface area contributed by atoms with Crippen molar-refractivity contribution in [2.45, 2.75) is 31.9 Å². The number of methoxy groups -OCH3 is 2. The van der Waals surface area contributed by atoms with E-state index in [1.165, 1.54) is 0 Å². The molecule has 6 heteroatoms. The minimum Gasteiger partial charge on any atom is -0.497 e. The van der Waals surface area contributed by atoms with E-state index in [1.54, 1.807) is 14.2 Å². The summed E-state index contributed by atoms with van der Waals surface area (Å²) in [5.41, 5.74) is 0.897. The highest BCUT2D eigenvalue weighted by molar-refractivity contribution is 5.67. The first kappa shape index (κ1) is 16.4. The number of rotatable bonds is 9. The zero-order chi connectivity index (χ0) is 15.8. The first-order valence-corrected chi connectivity index (χ1v) is 7.45. The van der Waals surface area contributed by atoms with Crippen molar-refractivity contribution in [2.24, 2.45) is 0 Å². The summed E-state index contributed by atoms with van der Waals surface area (Å²) in [5, 5.41) is 2.73. The van der Waals surface area contributed by atoms with Gasteiger partial charge >= 0.3 is 6.09 Å². The average Bonchev–Trinajstić information content (AvgIpc) is 3.33. The van der Waals surface area contributed by atoms with Crippen LogP contribution in [0.2, 0.25) is 0 Å². The first-order chi connectivity index (χ1) is 10.7. The van der Waals surface area contributed by atoms with Crippen molar-refractivity contribution in [1.29, 1.82) is 0 Å². The Hall–Kier alpha value is -1.95. The number of alkyl carbamates (subject to hydrolysis) is 1. The largest absolute Gasteiger partial charge is 0.497 e. The average molecular weight is 309 g/mol. The normalized spacial score (nSPS) is 13.5. The number of nitrogens with one attached hydrogen (secondary N) is 1. The highest BCUT2D eigenvalue weighted by Gasteiger charge is 2.25. The van der Waals surface area contributed by atoms with Crippen LogP contribution >= 0.6 is 0 Å². The van der Waals surface area contributed by atoms with Crippen molar-refractivity contribution in [3.05, 3.63) is 23.8 Å². The molecule has 1 aromatic rings. The van der Waals surface area contributed by atoms with Gasteiger partial charge in [-0.05, 0) is 30.5 Å². The molecule has 1 N–H and O–H groups in total. The van der Waals surface area contributed by atoms with Crippen LogP contribution in [-0.4, -0.2) is 39.6 Å². The van der Waals surface area contributed by atoms with E-state index < -0.39 is 0 Å². The van der Waals surface area contributed by atoms with E-state index in [2.05, 4.69) is 5.32 Å². The molecule has 0 aliphatic heterocycles. The highest BCUT2D eigenvalue weighted by atomic mass is 16.6. The van der Waals surface area contributed by atoms with Gasteiger partial charge in [0.05, 0.1) is 13.7 Å². The first-order valence-electron chi connectivity index (χ1n) is 7.45. The van der Waals surface area contributed by atoms with E-state index in [0.29, 0.717) is 31.3 Å². The Balaban J connectivity index is 1.86. The number of hydrogen-bond acceptors (Lipinski definition) is 5. The molecular weight excluding hydrogens is 286 g/mol. The molecule has 1 aliphatic carbocycles. The van der Waals surface area contributed by atoms with Gasteiger partial charge in [0.25, 0.3) is 0 Å². The van der Waals surface area contributed by atoms with Crippen LogP contribution in [0.15, 0.2) is 18.2 Å². The maximum atomic E-state index is 11.5. The summed E-state index contributed by atoms with van der Waals surface area (Å²) in [6, 6.07) is 5.56. The van der Waals surface area contributed by atoms with Gasteiger partial charge in [-0.15, -0.1) is 0 Å². The second kappa shape index (κ2) is 8.48. The molecule has 6 nitrogen and oxygen atoms in total. The minimum atomic E-state index is -0.382. The SMILES string of the molecule is COCCCOc1cc(CNC(=O)OC2CC2)cc(OC)c1. The van der Waals surface area contributed by atoms with Crippen molar-refractivity contribution >= 4 is 6.09 Å². The molecule has 0 unspecified atom stereocenters. The van der Waals surface area contributed by atoms with Gasteiger partial charge in [-0.25, -0.2) is 4.79 Å². The molecule has 0 bridgehead atoms. The molecule has 1 amide bonds. The summed E-state index contributed by atoms with van der Waals surface area (Å²) in [7, 11) is 3.26. The third kappa shape index (κ3) is 5.81. The summed E-state index contributed by atoms with van der Waals surface area (Å²) in [5.74, 6) is 1.40. The van der Waals surface area contributed by atoms with Gasteiger partial charge in [0.1, 0.15) is 17.6 Å². The smallest absolute Gasteiger partial charge is 0.407 e. The van der Waals surface area contributed by atoms with Gasteiger partial charge in [0.2, 0.25) is 0 Å². The Morgan fingerprint density at radius 3 is 2.64 bits per heavy atom. The second-order valence-corrected chi connectivity index (χ2v) is 5.17. The van der Waals surface area contributed by atoms with Gasteiger partial charge in [0, 0.05) is 32.7 Å².